The second kappa shape index (κ2) is 7.59. The van der Waals surface area contributed by atoms with E-state index in [2.05, 4.69) is 6.92 Å². The highest BCUT2D eigenvalue weighted by Gasteiger charge is 2.05. The molecule has 0 atom stereocenters. The van der Waals surface area contributed by atoms with Gasteiger partial charge in [-0.2, -0.15) is 0 Å². The molecule has 0 spiro atoms. The third kappa shape index (κ3) is 4.02. The van der Waals surface area contributed by atoms with Crippen LogP contribution in [0.3, 0.4) is 0 Å². The Morgan fingerprint density at radius 3 is 2.45 bits per heavy atom. The monoisotopic (exact) mass is 270 g/mol. The zero-order chi connectivity index (χ0) is 14.2. The highest BCUT2D eigenvalue weighted by Crippen LogP contribution is 2.32. The van der Waals surface area contributed by atoms with Gasteiger partial charge in [0.05, 0.1) is 6.61 Å². The van der Waals surface area contributed by atoms with Gasteiger partial charge in [0, 0.05) is 11.6 Å². The van der Waals surface area contributed by atoms with Crippen LogP contribution in [0.15, 0.2) is 48.5 Å². The van der Waals surface area contributed by atoms with Crippen LogP contribution in [0, 0.1) is 0 Å². The minimum atomic E-state index is 0.266. The van der Waals surface area contributed by atoms with Crippen LogP contribution in [0.1, 0.15) is 32.6 Å². The van der Waals surface area contributed by atoms with Gasteiger partial charge in [-0.1, -0.05) is 56.5 Å². The fourth-order valence-electron chi connectivity index (χ4n) is 2.18. The van der Waals surface area contributed by atoms with Gasteiger partial charge < -0.3 is 9.84 Å². The van der Waals surface area contributed by atoms with Crippen molar-refractivity contribution in [3.63, 3.8) is 0 Å². The lowest BCUT2D eigenvalue weighted by atomic mass is 10.0. The first-order chi connectivity index (χ1) is 9.81. The van der Waals surface area contributed by atoms with E-state index in [4.69, 9.17) is 4.74 Å². The van der Waals surface area contributed by atoms with Crippen molar-refractivity contribution in [1.82, 2.24) is 0 Å². The average Bonchev–Trinajstić information content (AvgIpc) is 2.48. The number of ether oxygens (including phenoxy) is 1. The molecule has 0 unspecified atom stereocenters. The number of phenolic OH excluding ortho intramolecular Hbond substituents is 1. The van der Waals surface area contributed by atoms with E-state index in [0.29, 0.717) is 6.61 Å². The van der Waals surface area contributed by atoms with E-state index in [1.807, 2.05) is 42.5 Å². The molecule has 2 nitrogen and oxygen atoms in total. The minimum absolute atomic E-state index is 0.266. The first-order valence-corrected chi connectivity index (χ1v) is 7.32. The molecule has 2 aromatic carbocycles. The molecule has 0 aliphatic carbocycles. The molecule has 0 aliphatic rings. The predicted octanol–water partition coefficient (Wildman–Crippen LogP) is 5.02. The van der Waals surface area contributed by atoms with Gasteiger partial charge in [-0.05, 0) is 24.1 Å². The quantitative estimate of drug-likeness (QED) is 0.716. The summed E-state index contributed by atoms with van der Waals surface area (Å²) in [5, 5.41) is 10.1. The molecule has 2 aromatic rings. The van der Waals surface area contributed by atoms with Gasteiger partial charge in [-0.3, -0.25) is 0 Å². The Hall–Kier alpha value is -1.96. The van der Waals surface area contributed by atoms with E-state index in [1.165, 1.54) is 19.3 Å². The normalized spacial score (nSPS) is 10.4. The van der Waals surface area contributed by atoms with Crippen LogP contribution < -0.4 is 4.74 Å². The fraction of sp³-hybridized carbons (Fsp3) is 0.333. The number of aromatic hydroxyl groups is 1. The zero-order valence-corrected chi connectivity index (χ0v) is 12.0. The summed E-state index contributed by atoms with van der Waals surface area (Å²) in [6.45, 7) is 2.91. The Balaban J connectivity index is 1.96. The smallest absolute Gasteiger partial charge is 0.127 e. The number of phenols is 1. The summed E-state index contributed by atoms with van der Waals surface area (Å²) in [5.41, 5.74) is 1.85. The Bertz CT molecular complexity index is 520. The third-order valence-electron chi connectivity index (χ3n) is 3.32. The highest BCUT2D eigenvalue weighted by molar-refractivity contribution is 5.70. The zero-order valence-electron chi connectivity index (χ0n) is 12.0. The summed E-state index contributed by atoms with van der Waals surface area (Å²) >= 11 is 0. The lowest BCUT2D eigenvalue weighted by Crippen LogP contribution is -1.97. The average molecular weight is 270 g/mol. The Morgan fingerprint density at radius 2 is 1.75 bits per heavy atom. The first kappa shape index (κ1) is 14.4. The third-order valence-corrected chi connectivity index (χ3v) is 3.32. The summed E-state index contributed by atoms with van der Waals surface area (Å²) in [7, 11) is 0. The second-order valence-electron chi connectivity index (χ2n) is 4.95. The van der Waals surface area contributed by atoms with Crippen LogP contribution in [-0.2, 0) is 0 Å². The van der Waals surface area contributed by atoms with Crippen LogP contribution in [-0.4, -0.2) is 11.7 Å². The molecule has 20 heavy (non-hydrogen) atoms. The molecule has 2 rings (SSSR count). The number of rotatable bonds is 7. The first-order valence-electron chi connectivity index (χ1n) is 7.32. The van der Waals surface area contributed by atoms with Crippen molar-refractivity contribution in [3.05, 3.63) is 48.5 Å². The van der Waals surface area contributed by atoms with Crippen LogP contribution in [0.25, 0.3) is 11.1 Å². The number of benzene rings is 2. The van der Waals surface area contributed by atoms with Crippen molar-refractivity contribution in [2.45, 2.75) is 32.6 Å². The molecule has 0 saturated heterocycles. The topological polar surface area (TPSA) is 29.5 Å². The van der Waals surface area contributed by atoms with Crippen molar-refractivity contribution < 1.29 is 9.84 Å². The summed E-state index contributed by atoms with van der Waals surface area (Å²) in [4.78, 5) is 0. The van der Waals surface area contributed by atoms with E-state index in [-0.39, 0.29) is 5.75 Å². The molecule has 0 bridgehead atoms. The Labute approximate surface area is 121 Å². The van der Waals surface area contributed by atoms with Crippen LogP contribution in [0.4, 0.5) is 0 Å². The molecule has 106 valence electrons. The lowest BCUT2D eigenvalue weighted by Gasteiger charge is -2.09. The van der Waals surface area contributed by atoms with Crippen LogP contribution in [0.5, 0.6) is 11.5 Å². The molecule has 0 radical (unpaired) electrons. The molecular formula is C18H22O2. The number of hydrogen-bond donors (Lipinski definition) is 1. The summed E-state index contributed by atoms with van der Waals surface area (Å²) in [6.07, 6.45) is 4.74. The summed E-state index contributed by atoms with van der Waals surface area (Å²) < 4.78 is 5.66. The molecule has 1 N–H and O–H groups in total. The predicted molar refractivity (Wildman–Crippen MR) is 83.2 cm³/mol. The van der Waals surface area contributed by atoms with Gasteiger partial charge in [0.15, 0.2) is 0 Å². The Morgan fingerprint density at radius 1 is 0.950 bits per heavy atom. The maximum absolute atomic E-state index is 10.1. The number of unbranched alkanes of at least 4 members (excludes halogenated alkanes) is 3. The standard InChI is InChI=1S/C18H22O2/c1-2-3-4-8-13-20-16-11-12-17(18(19)14-16)15-9-6-5-7-10-15/h5-7,9-12,14,19H,2-4,8,13H2,1H3. The van der Waals surface area contributed by atoms with Gasteiger partial charge in [0.2, 0.25) is 0 Å². The summed E-state index contributed by atoms with van der Waals surface area (Å²) in [6, 6.07) is 15.4. The van der Waals surface area contributed by atoms with Gasteiger partial charge in [-0.25, -0.2) is 0 Å². The van der Waals surface area contributed by atoms with E-state index < -0.39 is 0 Å². The van der Waals surface area contributed by atoms with Crippen molar-refractivity contribution >= 4 is 0 Å². The molecule has 0 amide bonds. The van der Waals surface area contributed by atoms with Gasteiger partial charge in [0.1, 0.15) is 11.5 Å². The largest absolute Gasteiger partial charge is 0.507 e. The van der Waals surface area contributed by atoms with Gasteiger partial charge in [-0.15, -0.1) is 0 Å². The Kier molecular flexibility index (Phi) is 5.48. The van der Waals surface area contributed by atoms with E-state index in [0.717, 1.165) is 23.3 Å². The SMILES string of the molecule is CCCCCCOc1ccc(-c2ccccc2)c(O)c1. The van der Waals surface area contributed by atoms with Crippen LogP contribution >= 0.6 is 0 Å². The van der Waals surface area contributed by atoms with Crippen molar-refractivity contribution in [1.29, 1.82) is 0 Å². The molecule has 0 fully saturated rings. The van der Waals surface area contributed by atoms with Crippen LogP contribution in [0.2, 0.25) is 0 Å². The highest BCUT2D eigenvalue weighted by atomic mass is 16.5. The van der Waals surface area contributed by atoms with Gasteiger partial charge in [0.25, 0.3) is 0 Å². The molecule has 0 saturated carbocycles. The molecule has 0 aliphatic heterocycles. The molecular weight excluding hydrogens is 248 g/mol. The molecule has 0 aromatic heterocycles. The minimum Gasteiger partial charge on any atom is -0.507 e. The number of hydrogen-bond acceptors (Lipinski definition) is 2. The van der Waals surface area contributed by atoms with Crippen molar-refractivity contribution in [3.8, 4) is 22.6 Å². The fourth-order valence-corrected chi connectivity index (χ4v) is 2.18. The second-order valence-corrected chi connectivity index (χ2v) is 4.95. The molecule has 0 heterocycles. The maximum Gasteiger partial charge on any atom is 0.127 e. The van der Waals surface area contributed by atoms with Crippen molar-refractivity contribution in [2.75, 3.05) is 6.61 Å². The molecule has 2 heteroatoms. The maximum atomic E-state index is 10.1. The van der Waals surface area contributed by atoms with E-state index >= 15 is 0 Å². The summed E-state index contributed by atoms with van der Waals surface area (Å²) in [5.74, 6) is 1.00. The van der Waals surface area contributed by atoms with E-state index in [9.17, 15) is 5.11 Å². The van der Waals surface area contributed by atoms with Crippen molar-refractivity contribution in [2.24, 2.45) is 0 Å². The lowest BCUT2D eigenvalue weighted by molar-refractivity contribution is 0.303. The van der Waals surface area contributed by atoms with Gasteiger partial charge >= 0.3 is 0 Å². The van der Waals surface area contributed by atoms with E-state index in [1.54, 1.807) is 6.07 Å².